The zero-order chi connectivity index (χ0) is 25.2. The Morgan fingerprint density at radius 2 is 1.63 bits per heavy atom. The average Bonchev–Trinajstić information content (AvgIpc) is 3.17. The Hall–Kier alpha value is -0.570. The lowest BCUT2D eigenvalue weighted by Crippen LogP contribution is -2.56. The van der Waals surface area contributed by atoms with Gasteiger partial charge < -0.3 is 5.11 Å². The molecule has 6 nitrogen and oxygen atoms in total. The lowest BCUT2D eigenvalue weighted by molar-refractivity contribution is -0.157. The number of piperazine rings is 1. The van der Waals surface area contributed by atoms with Gasteiger partial charge in [-0.25, -0.2) is 12.8 Å². The average molecular weight is 513 g/mol. The van der Waals surface area contributed by atoms with Gasteiger partial charge in [-0.15, -0.1) is 0 Å². The van der Waals surface area contributed by atoms with Crippen LogP contribution in [0.4, 0.5) is 4.39 Å². The van der Waals surface area contributed by atoms with E-state index >= 15 is 0 Å². The lowest BCUT2D eigenvalue weighted by atomic mass is 9.44. The van der Waals surface area contributed by atoms with Gasteiger partial charge in [0, 0.05) is 32.1 Å². The van der Waals surface area contributed by atoms with Gasteiger partial charge in [0.15, 0.2) is 0 Å². The molecule has 0 radical (unpaired) electrons. The molecule has 200 valence electrons. The molecule has 4 aliphatic carbocycles. The smallest absolute Gasteiger partial charge is 0.211 e. The van der Waals surface area contributed by atoms with Crippen molar-refractivity contribution in [2.45, 2.75) is 77.2 Å². The summed E-state index contributed by atoms with van der Waals surface area (Å²) in [5, 5.41) is 10.7. The zero-order valence-electron chi connectivity index (χ0n) is 21.8. The number of nitrogens with zero attached hydrogens (tertiary/aromatic N) is 2. The molecule has 4 saturated carbocycles. The van der Waals surface area contributed by atoms with E-state index in [1.807, 2.05) is 0 Å². The third kappa shape index (κ3) is 4.42. The Labute approximate surface area is 211 Å². The number of alkyl halides is 1. The number of ketones is 1. The summed E-state index contributed by atoms with van der Waals surface area (Å²) in [5.74, 6) is 2.72. The Kier molecular flexibility index (Phi) is 6.71. The van der Waals surface area contributed by atoms with Crippen molar-refractivity contribution in [3.8, 4) is 0 Å². The number of carbonyl (C=O) groups is 1. The molecule has 5 aliphatic rings. The van der Waals surface area contributed by atoms with Crippen LogP contribution >= 0.6 is 0 Å². The van der Waals surface area contributed by atoms with Crippen molar-refractivity contribution >= 4 is 15.8 Å². The largest absolute Gasteiger partial charge is 0.387 e. The van der Waals surface area contributed by atoms with Crippen LogP contribution in [0.3, 0.4) is 0 Å². The molecule has 8 heteroatoms. The van der Waals surface area contributed by atoms with Crippen molar-refractivity contribution in [1.29, 1.82) is 0 Å². The van der Waals surface area contributed by atoms with E-state index in [9.17, 15) is 22.7 Å². The molecule has 1 N–H and O–H groups in total. The van der Waals surface area contributed by atoms with Gasteiger partial charge in [0.2, 0.25) is 10.0 Å². The molecule has 0 bridgehead atoms. The second kappa shape index (κ2) is 9.02. The SMILES string of the molecule is C[C@]12CC[C@](O)(CF)C[C@@H]1CCC1[C@@H]2CC[C@]2(C)[C@@H](C(=O)CN3CCN(S(C)(=O)=O)CC3)CC[C@@H]12. The Balaban J connectivity index is 1.24. The van der Waals surface area contributed by atoms with E-state index in [-0.39, 0.29) is 16.7 Å². The number of rotatable bonds is 5. The molecule has 0 aromatic rings. The molecule has 0 spiro atoms. The van der Waals surface area contributed by atoms with Crippen molar-refractivity contribution in [1.82, 2.24) is 9.21 Å². The van der Waals surface area contributed by atoms with Crippen molar-refractivity contribution in [2.75, 3.05) is 45.7 Å². The van der Waals surface area contributed by atoms with E-state index in [0.717, 1.165) is 44.9 Å². The molecule has 0 aromatic carbocycles. The number of carbonyl (C=O) groups excluding carboxylic acids is 1. The monoisotopic (exact) mass is 512 g/mol. The van der Waals surface area contributed by atoms with Crippen LogP contribution in [0.2, 0.25) is 0 Å². The first-order chi connectivity index (χ1) is 16.4. The Bertz CT molecular complexity index is 937. The predicted molar refractivity (Wildman–Crippen MR) is 134 cm³/mol. The zero-order valence-corrected chi connectivity index (χ0v) is 22.7. The minimum absolute atomic E-state index is 0.0599. The molecule has 0 aromatic heterocycles. The van der Waals surface area contributed by atoms with E-state index in [4.69, 9.17) is 0 Å². The van der Waals surface area contributed by atoms with Gasteiger partial charge in [-0.1, -0.05) is 13.8 Å². The minimum atomic E-state index is -3.16. The fourth-order valence-corrected chi connectivity index (χ4v) is 10.3. The molecule has 1 unspecified atom stereocenters. The fourth-order valence-electron chi connectivity index (χ4n) is 9.52. The standard InChI is InChI=1S/C27H45FN2O4S/c1-25-10-11-27(32,18-28)16-19(25)4-5-20-21-6-7-23(26(21,2)9-8-22(20)25)24(31)17-29-12-14-30(15-13-29)35(3,33)34/h19-23,32H,4-18H2,1-3H3/t19-,20?,21-,22-,23+,25-,26-,27+/m0/s1. The summed E-state index contributed by atoms with van der Waals surface area (Å²) < 4.78 is 38.7. The first kappa shape index (κ1) is 26.1. The van der Waals surface area contributed by atoms with E-state index in [1.54, 1.807) is 0 Å². The molecule has 1 heterocycles. The summed E-state index contributed by atoms with van der Waals surface area (Å²) in [4.78, 5) is 15.7. The molecule has 1 aliphatic heterocycles. The van der Waals surface area contributed by atoms with Crippen molar-refractivity contribution < 1.29 is 22.7 Å². The number of halogens is 1. The first-order valence-electron chi connectivity index (χ1n) is 13.9. The highest BCUT2D eigenvalue weighted by atomic mass is 32.2. The topological polar surface area (TPSA) is 77.9 Å². The molecule has 35 heavy (non-hydrogen) atoms. The van der Waals surface area contributed by atoms with Crippen LogP contribution in [0.15, 0.2) is 0 Å². The molecule has 5 rings (SSSR count). The lowest BCUT2D eigenvalue weighted by Gasteiger charge is -2.61. The molecular formula is C27H45FN2O4S. The third-order valence-electron chi connectivity index (χ3n) is 11.6. The number of sulfonamides is 1. The molecular weight excluding hydrogens is 467 g/mol. The normalized spacial score (nSPS) is 47.1. The summed E-state index contributed by atoms with van der Waals surface area (Å²) in [6.07, 6.45) is 9.95. The molecule has 5 fully saturated rings. The maximum Gasteiger partial charge on any atom is 0.211 e. The van der Waals surface area contributed by atoms with Crippen LogP contribution < -0.4 is 0 Å². The van der Waals surface area contributed by atoms with E-state index in [0.29, 0.717) is 75.0 Å². The number of fused-ring (bicyclic) bond motifs is 5. The summed E-state index contributed by atoms with van der Waals surface area (Å²) in [5.41, 5.74) is -0.866. The summed E-state index contributed by atoms with van der Waals surface area (Å²) >= 11 is 0. The van der Waals surface area contributed by atoms with Crippen LogP contribution in [0, 0.1) is 40.4 Å². The van der Waals surface area contributed by atoms with Crippen LogP contribution in [0.5, 0.6) is 0 Å². The molecule has 1 saturated heterocycles. The van der Waals surface area contributed by atoms with Gasteiger partial charge in [0.05, 0.1) is 18.4 Å². The minimum Gasteiger partial charge on any atom is -0.387 e. The van der Waals surface area contributed by atoms with Gasteiger partial charge >= 0.3 is 0 Å². The second-order valence-corrected chi connectivity index (χ2v) is 15.3. The van der Waals surface area contributed by atoms with Crippen LogP contribution in [0.25, 0.3) is 0 Å². The maximum atomic E-state index is 13.6. The van der Waals surface area contributed by atoms with Crippen molar-refractivity contribution in [3.05, 3.63) is 0 Å². The van der Waals surface area contributed by atoms with Gasteiger partial charge in [0.25, 0.3) is 0 Å². The van der Waals surface area contributed by atoms with Gasteiger partial charge in [-0.3, -0.25) is 9.69 Å². The molecule has 0 amide bonds. The van der Waals surface area contributed by atoms with Gasteiger partial charge in [-0.2, -0.15) is 4.31 Å². The Morgan fingerprint density at radius 1 is 0.943 bits per heavy atom. The Morgan fingerprint density at radius 3 is 2.29 bits per heavy atom. The summed E-state index contributed by atoms with van der Waals surface area (Å²) in [6.45, 7) is 6.81. The first-order valence-corrected chi connectivity index (χ1v) is 15.7. The number of Topliss-reactive ketones (excluding diaryl/α,β-unsaturated/α-hetero) is 1. The highest BCUT2D eigenvalue weighted by Crippen LogP contribution is 2.68. The van der Waals surface area contributed by atoms with Gasteiger partial charge in [-0.05, 0) is 92.3 Å². The number of aliphatic hydroxyl groups is 1. The highest BCUT2D eigenvalue weighted by Gasteiger charge is 2.62. The van der Waals surface area contributed by atoms with E-state index in [2.05, 4.69) is 18.7 Å². The highest BCUT2D eigenvalue weighted by molar-refractivity contribution is 7.88. The van der Waals surface area contributed by atoms with Crippen LogP contribution in [0.1, 0.15) is 71.6 Å². The van der Waals surface area contributed by atoms with Gasteiger partial charge in [0.1, 0.15) is 12.5 Å². The fraction of sp³-hybridized carbons (Fsp3) is 0.963. The molecule has 8 atom stereocenters. The number of hydrogen-bond acceptors (Lipinski definition) is 5. The van der Waals surface area contributed by atoms with Crippen molar-refractivity contribution in [3.63, 3.8) is 0 Å². The van der Waals surface area contributed by atoms with E-state index in [1.165, 1.54) is 10.6 Å². The summed E-state index contributed by atoms with van der Waals surface area (Å²) in [7, 11) is -3.16. The third-order valence-corrected chi connectivity index (χ3v) is 12.9. The summed E-state index contributed by atoms with van der Waals surface area (Å²) in [6, 6.07) is 0. The van der Waals surface area contributed by atoms with Crippen LogP contribution in [-0.2, 0) is 14.8 Å². The van der Waals surface area contributed by atoms with Crippen LogP contribution in [-0.4, -0.2) is 79.8 Å². The van der Waals surface area contributed by atoms with E-state index < -0.39 is 22.3 Å². The predicted octanol–water partition coefficient (Wildman–Crippen LogP) is 3.49. The quantitative estimate of drug-likeness (QED) is 0.610. The maximum absolute atomic E-state index is 13.6. The van der Waals surface area contributed by atoms with Crippen molar-refractivity contribution in [2.24, 2.45) is 40.4 Å². The second-order valence-electron chi connectivity index (χ2n) is 13.3. The number of hydrogen-bond donors (Lipinski definition) is 1.